The first-order chi connectivity index (χ1) is 14.9. The summed E-state index contributed by atoms with van der Waals surface area (Å²) in [5.74, 6) is 0.523. The molecule has 1 saturated carbocycles. The van der Waals surface area contributed by atoms with Gasteiger partial charge in [0.25, 0.3) is 11.7 Å². The normalized spacial score (nSPS) is 13.4. The highest BCUT2D eigenvalue weighted by molar-refractivity contribution is 7.98. The van der Waals surface area contributed by atoms with Gasteiger partial charge in [-0.15, -0.1) is 5.10 Å². The third-order valence-electron chi connectivity index (χ3n) is 5.64. The fourth-order valence-corrected chi connectivity index (χ4v) is 4.03. The van der Waals surface area contributed by atoms with Crippen LogP contribution in [-0.2, 0) is 17.8 Å². The molecule has 2 amide bonds. The molecule has 0 bridgehead atoms. The fraction of sp³-hybridized carbons (Fsp3) is 0.409. The molecule has 1 aliphatic carbocycles. The maximum absolute atomic E-state index is 13.3. The second-order valence-corrected chi connectivity index (χ2v) is 8.55. The molecule has 1 fully saturated rings. The van der Waals surface area contributed by atoms with Gasteiger partial charge in [0.2, 0.25) is 11.1 Å². The van der Waals surface area contributed by atoms with E-state index in [1.54, 1.807) is 23.7 Å². The molecule has 0 radical (unpaired) electrons. The summed E-state index contributed by atoms with van der Waals surface area (Å²) in [6, 6.07) is 7.69. The van der Waals surface area contributed by atoms with Crippen LogP contribution in [0.5, 0.6) is 0 Å². The van der Waals surface area contributed by atoms with Crippen LogP contribution in [0.4, 0.5) is 0 Å². The lowest BCUT2D eigenvalue weighted by molar-refractivity contribution is -0.131. The molecule has 0 saturated heterocycles. The second kappa shape index (κ2) is 8.66. The summed E-state index contributed by atoms with van der Waals surface area (Å²) in [5.41, 5.74) is 4.23. The number of amides is 2. The molecule has 0 unspecified atom stereocenters. The zero-order chi connectivity index (χ0) is 22.1. The average Bonchev–Trinajstić information content (AvgIpc) is 3.53. The number of benzene rings is 1. The van der Waals surface area contributed by atoms with Gasteiger partial charge in [0.05, 0.1) is 6.42 Å². The summed E-state index contributed by atoms with van der Waals surface area (Å²) >= 11 is 1.47. The van der Waals surface area contributed by atoms with E-state index in [1.165, 1.54) is 11.8 Å². The first-order valence-electron chi connectivity index (χ1n) is 10.3. The molecule has 1 N–H and O–H groups in total. The Balaban J connectivity index is 1.55. The van der Waals surface area contributed by atoms with Crippen molar-refractivity contribution in [3.63, 3.8) is 0 Å². The van der Waals surface area contributed by atoms with Crippen LogP contribution in [0.2, 0.25) is 0 Å². The third-order valence-corrected chi connectivity index (χ3v) is 6.18. The molecule has 31 heavy (non-hydrogen) atoms. The second-order valence-electron chi connectivity index (χ2n) is 7.78. The fourth-order valence-electron chi connectivity index (χ4n) is 3.69. The van der Waals surface area contributed by atoms with Crippen molar-refractivity contribution < 1.29 is 9.59 Å². The molecule has 1 aromatic carbocycles. The molecule has 2 aromatic heterocycles. The zero-order valence-electron chi connectivity index (χ0n) is 18.2. The molecule has 8 nitrogen and oxygen atoms in total. The number of thioether (sulfide) groups is 1. The van der Waals surface area contributed by atoms with Crippen molar-refractivity contribution in [1.82, 2.24) is 29.8 Å². The zero-order valence-corrected chi connectivity index (χ0v) is 19.0. The number of hydrogen-bond acceptors (Lipinski definition) is 6. The van der Waals surface area contributed by atoms with Gasteiger partial charge in [0.15, 0.2) is 0 Å². The lowest BCUT2D eigenvalue weighted by atomic mass is 10.1. The molecule has 2 heterocycles. The number of rotatable bonds is 7. The van der Waals surface area contributed by atoms with Crippen LogP contribution in [0, 0.1) is 13.8 Å². The van der Waals surface area contributed by atoms with Gasteiger partial charge in [-0.1, -0.05) is 23.9 Å². The predicted octanol–water partition coefficient (Wildman–Crippen LogP) is 2.56. The molecule has 0 spiro atoms. The van der Waals surface area contributed by atoms with Gasteiger partial charge in [-0.3, -0.25) is 9.59 Å². The first-order valence-corrected chi connectivity index (χ1v) is 11.5. The quantitative estimate of drug-likeness (QED) is 0.570. The molecule has 1 aliphatic rings. The van der Waals surface area contributed by atoms with Crippen LogP contribution in [0.15, 0.2) is 29.4 Å². The maximum atomic E-state index is 13.3. The Bertz CT molecular complexity index is 1140. The Morgan fingerprint density at radius 1 is 1.19 bits per heavy atom. The summed E-state index contributed by atoms with van der Waals surface area (Å²) in [7, 11) is 1.61. The van der Waals surface area contributed by atoms with Gasteiger partial charge < -0.3 is 10.2 Å². The smallest absolute Gasteiger partial charge is 0.253 e. The number of fused-ring (bicyclic) bond motifs is 1. The van der Waals surface area contributed by atoms with E-state index >= 15 is 0 Å². The number of carbonyl (C=O) groups is 2. The van der Waals surface area contributed by atoms with E-state index in [0.29, 0.717) is 23.0 Å². The molecule has 4 rings (SSSR count). The van der Waals surface area contributed by atoms with E-state index in [0.717, 1.165) is 35.4 Å². The van der Waals surface area contributed by atoms with Gasteiger partial charge >= 0.3 is 0 Å². The summed E-state index contributed by atoms with van der Waals surface area (Å²) in [6.45, 7) is 4.41. The lowest BCUT2D eigenvalue weighted by Gasteiger charge is -2.23. The molecule has 9 heteroatoms. The Morgan fingerprint density at radius 3 is 2.52 bits per heavy atom. The number of aryl methyl sites for hydroxylation is 2. The van der Waals surface area contributed by atoms with E-state index in [2.05, 4.69) is 20.4 Å². The predicted molar refractivity (Wildman–Crippen MR) is 119 cm³/mol. The Labute approximate surface area is 185 Å². The van der Waals surface area contributed by atoms with E-state index in [1.807, 2.05) is 37.1 Å². The summed E-state index contributed by atoms with van der Waals surface area (Å²) in [4.78, 5) is 36.0. The SMILES string of the molecule is CNC(=O)c1ccc(CN(C(=O)Cc2c(C)nc3nc(SC)nn3c2C)C2CC2)cc1. The van der Waals surface area contributed by atoms with Crippen molar-refractivity contribution in [2.75, 3.05) is 13.3 Å². The minimum absolute atomic E-state index is 0.0791. The standard InChI is InChI=1S/C22H26N6O2S/c1-13-18(14(2)28-21(24-13)25-22(26-28)31-4)11-19(29)27(17-9-10-17)12-15-5-7-16(8-6-15)20(30)23-3/h5-8,17H,9-12H2,1-4H3,(H,23,30). The number of carbonyl (C=O) groups excluding carboxylic acids is 2. The van der Waals surface area contributed by atoms with Gasteiger partial charge in [0, 0.05) is 42.1 Å². The molecular formula is C22H26N6O2S. The molecule has 162 valence electrons. The summed E-state index contributed by atoms with van der Waals surface area (Å²) < 4.78 is 1.72. The van der Waals surface area contributed by atoms with Gasteiger partial charge in [0.1, 0.15) is 0 Å². The van der Waals surface area contributed by atoms with Crippen molar-refractivity contribution in [2.24, 2.45) is 0 Å². The number of nitrogens with zero attached hydrogens (tertiary/aromatic N) is 5. The van der Waals surface area contributed by atoms with Crippen molar-refractivity contribution in [3.8, 4) is 0 Å². The van der Waals surface area contributed by atoms with Crippen molar-refractivity contribution >= 4 is 29.4 Å². The van der Waals surface area contributed by atoms with E-state index in [9.17, 15) is 9.59 Å². The van der Waals surface area contributed by atoms with Crippen molar-refractivity contribution in [2.45, 2.75) is 50.9 Å². The monoisotopic (exact) mass is 438 g/mol. The van der Waals surface area contributed by atoms with Crippen molar-refractivity contribution in [1.29, 1.82) is 0 Å². The average molecular weight is 439 g/mol. The number of nitrogens with one attached hydrogen (secondary N) is 1. The topological polar surface area (TPSA) is 92.5 Å². The summed E-state index contributed by atoms with van der Waals surface area (Å²) in [5, 5.41) is 7.76. The Morgan fingerprint density at radius 2 is 1.90 bits per heavy atom. The maximum Gasteiger partial charge on any atom is 0.253 e. The molecular weight excluding hydrogens is 412 g/mol. The molecule has 0 atom stereocenters. The minimum atomic E-state index is -0.117. The minimum Gasteiger partial charge on any atom is -0.355 e. The van der Waals surface area contributed by atoms with Gasteiger partial charge in [-0.05, 0) is 50.6 Å². The van der Waals surface area contributed by atoms with E-state index in [-0.39, 0.29) is 24.3 Å². The Kier molecular flexibility index (Phi) is 5.95. The van der Waals surface area contributed by atoms with E-state index < -0.39 is 0 Å². The van der Waals surface area contributed by atoms with Crippen LogP contribution in [0.25, 0.3) is 5.78 Å². The van der Waals surface area contributed by atoms with Crippen LogP contribution in [0.3, 0.4) is 0 Å². The molecule has 3 aromatic rings. The van der Waals surface area contributed by atoms with Crippen LogP contribution < -0.4 is 5.32 Å². The van der Waals surface area contributed by atoms with Crippen molar-refractivity contribution in [3.05, 3.63) is 52.3 Å². The van der Waals surface area contributed by atoms with Crippen LogP contribution in [-0.4, -0.2) is 55.6 Å². The van der Waals surface area contributed by atoms with Crippen LogP contribution >= 0.6 is 11.8 Å². The lowest BCUT2D eigenvalue weighted by Crippen LogP contribution is -2.34. The number of aromatic nitrogens is 4. The van der Waals surface area contributed by atoms with Crippen LogP contribution in [0.1, 0.15) is 45.7 Å². The first kappa shape index (κ1) is 21.3. The largest absolute Gasteiger partial charge is 0.355 e. The third kappa shape index (κ3) is 4.41. The molecule has 0 aliphatic heterocycles. The van der Waals surface area contributed by atoms with E-state index in [4.69, 9.17) is 0 Å². The highest BCUT2D eigenvalue weighted by atomic mass is 32.2. The summed E-state index contributed by atoms with van der Waals surface area (Å²) in [6.07, 6.45) is 4.26. The van der Waals surface area contributed by atoms with Gasteiger partial charge in [-0.2, -0.15) is 4.98 Å². The van der Waals surface area contributed by atoms with Gasteiger partial charge in [-0.25, -0.2) is 9.50 Å². The number of hydrogen-bond donors (Lipinski definition) is 1. The Hall–Kier alpha value is -2.94. The highest BCUT2D eigenvalue weighted by Crippen LogP contribution is 2.29. The highest BCUT2D eigenvalue weighted by Gasteiger charge is 2.33.